The van der Waals surface area contributed by atoms with Gasteiger partial charge in [0.25, 0.3) is 0 Å². The second-order valence-electron chi connectivity index (χ2n) is 4.29. The summed E-state index contributed by atoms with van der Waals surface area (Å²) in [6, 6.07) is 6.06. The van der Waals surface area contributed by atoms with Crippen molar-refractivity contribution in [1.29, 1.82) is 0 Å². The van der Waals surface area contributed by atoms with E-state index in [2.05, 4.69) is 16.4 Å². The first kappa shape index (κ1) is 13.5. The van der Waals surface area contributed by atoms with Gasteiger partial charge in [0.15, 0.2) is 0 Å². The summed E-state index contributed by atoms with van der Waals surface area (Å²) in [6.45, 7) is 0.752. The summed E-state index contributed by atoms with van der Waals surface area (Å²) in [5.74, 6) is 0.911. The third kappa shape index (κ3) is 3.32. The quantitative estimate of drug-likeness (QED) is 0.751. The number of hydrogen-bond acceptors (Lipinski definition) is 4. The molecule has 0 radical (unpaired) electrons. The summed E-state index contributed by atoms with van der Waals surface area (Å²) in [7, 11) is 3.38. The van der Waals surface area contributed by atoms with Crippen molar-refractivity contribution in [2.45, 2.75) is 6.42 Å². The summed E-state index contributed by atoms with van der Waals surface area (Å²) in [5.41, 5.74) is 2.35. The molecule has 0 bridgehead atoms. The highest BCUT2D eigenvalue weighted by Crippen LogP contribution is 2.36. The molecule has 0 N–H and O–H groups in total. The molecule has 1 aliphatic heterocycles. The lowest BCUT2D eigenvalue weighted by Crippen LogP contribution is -2.06. The number of amides is 1. The van der Waals surface area contributed by atoms with Crippen LogP contribution in [0, 0.1) is 0 Å². The van der Waals surface area contributed by atoms with Gasteiger partial charge in [-0.3, -0.25) is 9.78 Å². The van der Waals surface area contributed by atoms with E-state index in [-0.39, 0.29) is 0 Å². The molecule has 0 fully saturated rings. The Hall–Kier alpha value is -1.88. The Kier molecular flexibility index (Phi) is 4.52. The molecular weight excluding hydrogens is 260 g/mol. The van der Waals surface area contributed by atoms with Gasteiger partial charge in [-0.15, -0.1) is 11.3 Å². The molecule has 100 valence electrons. The number of carbonyl (C=O) groups is 1. The van der Waals surface area contributed by atoms with Crippen molar-refractivity contribution in [3.63, 3.8) is 0 Å². The van der Waals surface area contributed by atoms with Gasteiger partial charge in [-0.25, -0.2) is 0 Å². The maximum absolute atomic E-state index is 9.43. The van der Waals surface area contributed by atoms with E-state index >= 15 is 0 Å². The standard InChI is InChI=1S/C11H9NOS.C3H7NO/c1-2-9-10(12-5-1)11-8(3-6-13-9)4-7-14-11;1-4(2)3-5/h1-2,4-5,7H,3,6H2;3H,1-2H3. The maximum Gasteiger partial charge on any atom is 0.209 e. The van der Waals surface area contributed by atoms with E-state index in [1.807, 2.05) is 18.3 Å². The molecule has 4 nitrogen and oxygen atoms in total. The number of hydrogen-bond donors (Lipinski definition) is 0. The minimum Gasteiger partial charge on any atom is -0.491 e. The fraction of sp³-hybridized carbons (Fsp3) is 0.286. The first-order valence-corrected chi connectivity index (χ1v) is 6.86. The number of rotatable bonds is 1. The lowest BCUT2D eigenvalue weighted by Gasteiger charge is -2.04. The predicted octanol–water partition coefficient (Wildman–Crippen LogP) is 2.45. The van der Waals surface area contributed by atoms with Crippen LogP contribution in [0.1, 0.15) is 5.56 Å². The minimum atomic E-state index is 0.750. The third-order valence-corrected chi connectivity index (χ3v) is 3.54. The Balaban J connectivity index is 0.000000232. The molecule has 0 unspecified atom stereocenters. The van der Waals surface area contributed by atoms with Gasteiger partial charge in [0.2, 0.25) is 6.41 Å². The topological polar surface area (TPSA) is 42.4 Å². The zero-order valence-corrected chi connectivity index (χ0v) is 11.8. The second-order valence-corrected chi connectivity index (χ2v) is 5.21. The maximum atomic E-state index is 9.43. The van der Waals surface area contributed by atoms with Gasteiger partial charge in [-0.2, -0.15) is 0 Å². The van der Waals surface area contributed by atoms with Crippen LogP contribution >= 0.6 is 11.3 Å². The van der Waals surface area contributed by atoms with Crippen LogP contribution in [0.15, 0.2) is 29.8 Å². The molecule has 0 aromatic carbocycles. The Morgan fingerprint density at radius 3 is 2.95 bits per heavy atom. The summed E-state index contributed by atoms with van der Waals surface area (Å²) in [6.07, 6.45) is 3.55. The fourth-order valence-electron chi connectivity index (χ4n) is 1.69. The van der Waals surface area contributed by atoms with Crippen LogP contribution in [0.3, 0.4) is 0 Å². The molecule has 3 heterocycles. The largest absolute Gasteiger partial charge is 0.491 e. The number of fused-ring (bicyclic) bond motifs is 3. The first-order chi connectivity index (χ1) is 9.22. The van der Waals surface area contributed by atoms with E-state index in [1.165, 1.54) is 15.3 Å². The monoisotopic (exact) mass is 276 g/mol. The summed E-state index contributed by atoms with van der Waals surface area (Å²) < 4.78 is 5.63. The fourth-order valence-corrected chi connectivity index (χ4v) is 2.64. The van der Waals surface area contributed by atoms with E-state index in [0.717, 1.165) is 30.9 Å². The number of pyridine rings is 1. The highest BCUT2D eigenvalue weighted by molar-refractivity contribution is 7.13. The Morgan fingerprint density at radius 2 is 2.21 bits per heavy atom. The molecule has 19 heavy (non-hydrogen) atoms. The van der Waals surface area contributed by atoms with Gasteiger partial charge < -0.3 is 9.64 Å². The van der Waals surface area contributed by atoms with Gasteiger partial charge >= 0.3 is 0 Å². The Bertz CT molecular complexity index is 552. The smallest absolute Gasteiger partial charge is 0.209 e. The van der Waals surface area contributed by atoms with Crippen molar-refractivity contribution >= 4 is 17.7 Å². The van der Waals surface area contributed by atoms with Crippen LogP contribution in [0.5, 0.6) is 5.75 Å². The molecule has 2 aromatic heterocycles. The Morgan fingerprint density at radius 1 is 1.42 bits per heavy atom. The Labute approximate surface area is 116 Å². The predicted molar refractivity (Wildman–Crippen MR) is 76.5 cm³/mol. The van der Waals surface area contributed by atoms with Crippen molar-refractivity contribution in [2.75, 3.05) is 20.7 Å². The number of aromatic nitrogens is 1. The molecule has 0 saturated carbocycles. The van der Waals surface area contributed by atoms with Crippen LogP contribution in [-0.2, 0) is 11.2 Å². The second kappa shape index (κ2) is 6.33. The first-order valence-electron chi connectivity index (χ1n) is 5.98. The molecule has 2 aromatic rings. The number of thiophene rings is 1. The van der Waals surface area contributed by atoms with Crippen LogP contribution in [0.4, 0.5) is 0 Å². The van der Waals surface area contributed by atoms with E-state index < -0.39 is 0 Å². The van der Waals surface area contributed by atoms with Crippen molar-refractivity contribution < 1.29 is 9.53 Å². The van der Waals surface area contributed by atoms with Crippen LogP contribution in [0.25, 0.3) is 10.6 Å². The average molecular weight is 276 g/mol. The number of ether oxygens (including phenoxy) is 1. The van der Waals surface area contributed by atoms with Crippen molar-refractivity contribution in [3.8, 4) is 16.3 Å². The SMILES string of the molecule is CN(C)C=O.c1cnc2c(c1)OCCc1ccsc1-2. The third-order valence-electron chi connectivity index (χ3n) is 2.57. The minimum absolute atomic E-state index is 0.750. The zero-order chi connectivity index (χ0) is 13.7. The van der Waals surface area contributed by atoms with Gasteiger partial charge in [0, 0.05) is 26.7 Å². The number of nitrogens with zero attached hydrogens (tertiary/aromatic N) is 2. The van der Waals surface area contributed by atoms with E-state index in [9.17, 15) is 4.79 Å². The molecule has 1 aliphatic rings. The van der Waals surface area contributed by atoms with E-state index in [0.29, 0.717) is 0 Å². The average Bonchev–Trinajstić information content (AvgIpc) is 2.81. The molecule has 5 heteroatoms. The number of carbonyl (C=O) groups excluding carboxylic acids is 1. The van der Waals surface area contributed by atoms with Crippen LogP contribution in [-0.4, -0.2) is 37.0 Å². The molecule has 0 spiro atoms. The van der Waals surface area contributed by atoms with Gasteiger partial charge in [0.05, 0.1) is 11.5 Å². The normalized spacial score (nSPS) is 11.9. The highest BCUT2D eigenvalue weighted by atomic mass is 32.1. The molecular formula is C14H16N2O2S. The van der Waals surface area contributed by atoms with Gasteiger partial charge in [-0.1, -0.05) is 0 Å². The van der Waals surface area contributed by atoms with Gasteiger partial charge in [0.1, 0.15) is 11.4 Å². The van der Waals surface area contributed by atoms with E-state index in [4.69, 9.17) is 4.74 Å². The summed E-state index contributed by atoms with van der Waals surface area (Å²) >= 11 is 1.74. The van der Waals surface area contributed by atoms with Crippen molar-refractivity contribution in [2.24, 2.45) is 0 Å². The van der Waals surface area contributed by atoms with Crippen molar-refractivity contribution in [3.05, 3.63) is 35.3 Å². The van der Waals surface area contributed by atoms with E-state index in [1.54, 1.807) is 25.4 Å². The highest BCUT2D eigenvalue weighted by Gasteiger charge is 2.16. The molecule has 1 amide bonds. The lowest BCUT2D eigenvalue weighted by molar-refractivity contribution is -0.115. The van der Waals surface area contributed by atoms with Gasteiger partial charge in [-0.05, 0) is 29.1 Å². The van der Waals surface area contributed by atoms with Crippen molar-refractivity contribution in [1.82, 2.24) is 9.88 Å². The lowest BCUT2D eigenvalue weighted by atomic mass is 10.1. The van der Waals surface area contributed by atoms with Crippen LogP contribution < -0.4 is 4.74 Å². The molecule has 0 atom stereocenters. The zero-order valence-electron chi connectivity index (χ0n) is 11.0. The van der Waals surface area contributed by atoms with Crippen LogP contribution in [0.2, 0.25) is 0 Å². The summed E-state index contributed by atoms with van der Waals surface area (Å²) in [5, 5.41) is 2.12. The molecule has 3 rings (SSSR count). The molecule has 0 aliphatic carbocycles. The molecule has 0 saturated heterocycles. The summed E-state index contributed by atoms with van der Waals surface area (Å²) in [4.78, 5) is 16.5.